The van der Waals surface area contributed by atoms with E-state index in [9.17, 15) is 5.11 Å². The first-order chi connectivity index (χ1) is 17.0. The summed E-state index contributed by atoms with van der Waals surface area (Å²) in [6.45, 7) is 4.08. The zero-order valence-corrected chi connectivity index (χ0v) is 21.1. The summed E-state index contributed by atoms with van der Waals surface area (Å²) in [6, 6.07) is 15.1. The monoisotopic (exact) mass is 498 g/mol. The number of hydrogen-bond donors (Lipinski definition) is 4. The van der Waals surface area contributed by atoms with Crippen LogP contribution in [0.25, 0.3) is 11.3 Å². The maximum atomic E-state index is 9.19. The number of hydrogen-bond acceptors (Lipinski definition) is 8. The van der Waals surface area contributed by atoms with E-state index in [-0.39, 0.29) is 12.4 Å². The van der Waals surface area contributed by atoms with Crippen molar-refractivity contribution in [2.45, 2.75) is 32.6 Å². The van der Waals surface area contributed by atoms with Gasteiger partial charge in [-0.25, -0.2) is 4.98 Å². The molecular formula is C26H34N4O4S. The molecule has 8 nitrogen and oxygen atoms in total. The first-order valence-electron chi connectivity index (χ1n) is 11.8. The van der Waals surface area contributed by atoms with Crippen LogP contribution in [-0.4, -0.2) is 54.5 Å². The fraction of sp³-hybridized carbons (Fsp3) is 0.385. The molecule has 0 aliphatic carbocycles. The van der Waals surface area contributed by atoms with E-state index in [0.29, 0.717) is 25.3 Å². The second-order valence-electron chi connectivity index (χ2n) is 8.06. The lowest BCUT2D eigenvalue weighted by Crippen LogP contribution is -2.20. The number of ether oxygens (including phenoxy) is 2. The minimum absolute atomic E-state index is 0.0451. The average Bonchev–Trinajstić information content (AvgIpc) is 3.33. The van der Waals surface area contributed by atoms with Gasteiger partial charge in [0, 0.05) is 29.6 Å². The van der Waals surface area contributed by atoms with Gasteiger partial charge in [-0.15, -0.1) is 11.3 Å². The van der Waals surface area contributed by atoms with Crippen molar-refractivity contribution in [2.24, 2.45) is 0 Å². The van der Waals surface area contributed by atoms with Crippen LogP contribution in [0, 0.1) is 5.41 Å². The molecule has 0 radical (unpaired) electrons. The number of aliphatic hydroxyl groups is 1. The van der Waals surface area contributed by atoms with Gasteiger partial charge >= 0.3 is 0 Å². The molecule has 0 atom stereocenters. The molecule has 0 saturated carbocycles. The lowest BCUT2D eigenvalue weighted by molar-refractivity contribution is 0.234. The van der Waals surface area contributed by atoms with Gasteiger partial charge in [0.25, 0.3) is 0 Å². The lowest BCUT2D eigenvalue weighted by atomic mass is 10.1. The van der Waals surface area contributed by atoms with E-state index in [1.807, 2.05) is 29.6 Å². The van der Waals surface area contributed by atoms with Crippen LogP contribution in [0.5, 0.6) is 11.5 Å². The minimum atomic E-state index is -0.0451. The third kappa shape index (κ3) is 7.68. The number of nitrogens with one attached hydrogen (secondary N) is 2. The number of likely N-dealkylation sites (N-methyl/N-ethyl adjacent to an activating group) is 1. The van der Waals surface area contributed by atoms with Crippen LogP contribution in [-0.2, 0) is 6.42 Å². The highest BCUT2D eigenvalue weighted by Gasteiger charge is 2.14. The molecule has 0 aliphatic rings. The average molecular weight is 499 g/mol. The van der Waals surface area contributed by atoms with Gasteiger partial charge in [-0.3, -0.25) is 16.1 Å². The third-order valence-corrected chi connectivity index (χ3v) is 6.79. The van der Waals surface area contributed by atoms with Crippen LogP contribution in [0.2, 0.25) is 0 Å². The number of hydroxylamine groups is 1. The van der Waals surface area contributed by atoms with Crippen molar-refractivity contribution in [1.29, 1.82) is 5.41 Å². The number of anilines is 1. The molecular weight excluding hydrogens is 464 g/mol. The number of aromatic nitrogens is 1. The summed E-state index contributed by atoms with van der Waals surface area (Å²) in [6.07, 6.45) is 3.78. The van der Waals surface area contributed by atoms with E-state index in [4.69, 9.17) is 25.1 Å². The molecule has 3 aromatic rings. The highest BCUT2D eigenvalue weighted by molar-refractivity contribution is 7.16. The van der Waals surface area contributed by atoms with Gasteiger partial charge in [0.05, 0.1) is 25.5 Å². The number of unbranched alkanes of at least 4 members (excludes halogenated alkanes) is 2. The van der Waals surface area contributed by atoms with Crippen molar-refractivity contribution in [3.05, 3.63) is 59.0 Å². The summed E-state index contributed by atoms with van der Waals surface area (Å²) in [5.74, 6) is 1.55. The number of benzene rings is 2. The zero-order chi connectivity index (χ0) is 25.0. The smallest absolute Gasteiger partial charge is 0.185 e. The molecule has 0 amide bonds. The highest BCUT2D eigenvalue weighted by Crippen LogP contribution is 2.33. The molecule has 4 N–H and O–H groups in total. The number of thiazole rings is 1. The van der Waals surface area contributed by atoms with Crippen molar-refractivity contribution in [3.63, 3.8) is 0 Å². The summed E-state index contributed by atoms with van der Waals surface area (Å²) in [5, 5.41) is 26.4. The van der Waals surface area contributed by atoms with Gasteiger partial charge in [-0.05, 0) is 74.2 Å². The van der Waals surface area contributed by atoms with Crippen LogP contribution in [0.1, 0.15) is 36.6 Å². The molecule has 0 aliphatic heterocycles. The van der Waals surface area contributed by atoms with Crippen molar-refractivity contribution in [3.8, 4) is 22.8 Å². The van der Waals surface area contributed by atoms with Crippen LogP contribution in [0.15, 0.2) is 48.5 Å². The minimum Gasteiger partial charge on any atom is -0.494 e. The number of aliphatic hydroxyl groups excluding tert-OH is 1. The van der Waals surface area contributed by atoms with Gasteiger partial charge in [0.15, 0.2) is 5.13 Å². The van der Waals surface area contributed by atoms with E-state index in [0.717, 1.165) is 53.6 Å². The second-order valence-corrected chi connectivity index (χ2v) is 9.12. The van der Waals surface area contributed by atoms with Crippen LogP contribution >= 0.6 is 11.3 Å². The Morgan fingerprint density at radius 2 is 1.60 bits per heavy atom. The fourth-order valence-electron chi connectivity index (χ4n) is 3.47. The Bertz CT molecular complexity index is 1050. The Balaban J connectivity index is 1.38. The number of rotatable bonds is 14. The third-order valence-electron chi connectivity index (χ3n) is 5.48. The van der Waals surface area contributed by atoms with Gasteiger partial charge in [-0.1, -0.05) is 6.92 Å². The normalized spacial score (nSPS) is 10.7. The van der Waals surface area contributed by atoms with Crippen molar-refractivity contribution < 1.29 is 19.8 Å². The summed E-state index contributed by atoms with van der Waals surface area (Å²) in [7, 11) is 1.95. The van der Waals surface area contributed by atoms with Crippen LogP contribution < -0.4 is 19.9 Å². The Morgan fingerprint density at radius 3 is 2.14 bits per heavy atom. The number of amidine groups is 1. The van der Waals surface area contributed by atoms with E-state index >= 15 is 0 Å². The van der Waals surface area contributed by atoms with Crippen molar-refractivity contribution >= 4 is 22.3 Å². The Hall–Kier alpha value is -3.14. The molecule has 1 heterocycles. The van der Waals surface area contributed by atoms with Crippen LogP contribution in [0.3, 0.4) is 0 Å². The molecule has 35 heavy (non-hydrogen) atoms. The first-order valence-corrected chi connectivity index (χ1v) is 12.6. The topological polar surface area (TPSA) is 111 Å². The molecule has 3 rings (SSSR count). The Kier molecular flexibility index (Phi) is 10.3. The van der Waals surface area contributed by atoms with Crippen LogP contribution in [0.4, 0.5) is 5.13 Å². The maximum Gasteiger partial charge on any atom is 0.185 e. The van der Waals surface area contributed by atoms with Crippen molar-refractivity contribution in [1.82, 2.24) is 10.5 Å². The Labute approximate surface area is 210 Å². The standard InChI is InChI=1S/C26H34N4O4S/c1-3-23-24(28-26(35-23)30(2)15-16-31)19-7-11-21(12-8-19)33-17-5-4-6-18-34-22-13-9-20(10-14-22)25(27)29-32/h7-14,31-32H,3-6,15-18H2,1-2H3,(H2,27,29). The molecule has 0 saturated heterocycles. The zero-order valence-electron chi connectivity index (χ0n) is 20.3. The molecule has 0 bridgehead atoms. The first kappa shape index (κ1) is 26.5. The summed E-state index contributed by atoms with van der Waals surface area (Å²) < 4.78 is 11.6. The molecule has 2 aromatic carbocycles. The summed E-state index contributed by atoms with van der Waals surface area (Å²) in [5.41, 5.74) is 4.50. The predicted octanol–water partition coefficient (Wildman–Crippen LogP) is 4.73. The quantitative estimate of drug-likeness (QED) is 0.110. The second kappa shape index (κ2) is 13.7. The highest BCUT2D eigenvalue weighted by atomic mass is 32.1. The summed E-state index contributed by atoms with van der Waals surface area (Å²) >= 11 is 1.67. The number of aryl methyl sites for hydroxylation is 1. The lowest BCUT2D eigenvalue weighted by Gasteiger charge is -2.13. The SMILES string of the molecule is CCc1sc(N(C)CCO)nc1-c1ccc(OCCCCCOc2ccc(C(=N)NO)cc2)cc1. The molecule has 0 spiro atoms. The summed E-state index contributed by atoms with van der Waals surface area (Å²) in [4.78, 5) is 8.02. The predicted molar refractivity (Wildman–Crippen MR) is 140 cm³/mol. The largest absolute Gasteiger partial charge is 0.494 e. The number of nitrogens with zero attached hydrogens (tertiary/aromatic N) is 2. The van der Waals surface area contributed by atoms with Gasteiger partial charge in [-0.2, -0.15) is 0 Å². The molecule has 9 heteroatoms. The molecule has 1 aromatic heterocycles. The van der Waals surface area contributed by atoms with E-state index in [1.54, 1.807) is 35.6 Å². The fourth-order valence-corrected chi connectivity index (χ4v) is 4.47. The van der Waals surface area contributed by atoms with Crippen molar-refractivity contribution in [2.75, 3.05) is 38.3 Å². The van der Waals surface area contributed by atoms with E-state index < -0.39 is 0 Å². The Morgan fingerprint density at radius 1 is 1.00 bits per heavy atom. The van der Waals surface area contributed by atoms with E-state index in [2.05, 4.69) is 19.1 Å². The maximum absolute atomic E-state index is 9.19. The molecule has 188 valence electrons. The van der Waals surface area contributed by atoms with Gasteiger partial charge < -0.3 is 19.5 Å². The van der Waals surface area contributed by atoms with Gasteiger partial charge in [0.1, 0.15) is 17.3 Å². The molecule has 0 unspecified atom stereocenters. The van der Waals surface area contributed by atoms with Gasteiger partial charge in [0.2, 0.25) is 0 Å². The van der Waals surface area contributed by atoms with E-state index in [1.165, 1.54) is 4.88 Å². The molecule has 0 fully saturated rings.